The maximum absolute atomic E-state index is 5.79. The second-order valence-electron chi connectivity index (χ2n) is 2.39. The summed E-state index contributed by atoms with van der Waals surface area (Å²) in [5.41, 5.74) is 8.67. The van der Waals surface area contributed by atoms with Gasteiger partial charge in [-0.1, -0.05) is 0 Å². The molecule has 2 rings (SSSR count). The zero-order chi connectivity index (χ0) is 6.97. The predicted octanol–water partition coefficient (Wildman–Crippen LogP) is 0.958. The molecule has 3 nitrogen and oxygen atoms in total. The molecule has 0 aliphatic carbocycles. The second kappa shape index (κ2) is 2.21. The number of rotatable bonds is 0. The predicted molar refractivity (Wildman–Crippen MR) is 42.1 cm³/mol. The molecule has 1 aromatic heterocycles. The van der Waals surface area contributed by atoms with Gasteiger partial charge in [0, 0.05) is 6.54 Å². The summed E-state index contributed by atoms with van der Waals surface area (Å²) in [6.45, 7) is 0.982. The molecule has 1 aliphatic rings. The topological polar surface area (TPSA) is 50.9 Å². The molecule has 1 aliphatic heterocycles. The first-order chi connectivity index (χ1) is 4.88. The highest BCUT2D eigenvalue weighted by molar-refractivity contribution is 7.14. The van der Waals surface area contributed by atoms with Crippen LogP contribution in [0.4, 0.5) is 5.00 Å². The number of nitrogens with two attached hydrogens (primary N) is 1. The van der Waals surface area contributed by atoms with Gasteiger partial charge in [-0.05, 0) is 6.42 Å². The lowest BCUT2D eigenvalue weighted by atomic mass is 10.1. The van der Waals surface area contributed by atoms with Crippen molar-refractivity contribution in [1.29, 1.82) is 0 Å². The lowest BCUT2D eigenvalue weighted by Gasteiger charge is -2.17. The number of hydrogen-bond acceptors (Lipinski definition) is 4. The zero-order valence-electron chi connectivity index (χ0n) is 5.50. The molecule has 4 heteroatoms. The third-order valence-corrected chi connectivity index (χ3v) is 2.49. The van der Waals surface area contributed by atoms with E-state index in [1.54, 1.807) is 11.3 Å². The minimum atomic E-state index is 0.155. The lowest BCUT2D eigenvalue weighted by molar-refractivity contribution is 0.641. The maximum Gasteiger partial charge on any atom is 0.113 e. The number of nitrogens with zero attached hydrogens (tertiary/aromatic N) is 1. The molecule has 0 aromatic carbocycles. The van der Waals surface area contributed by atoms with Gasteiger partial charge in [0.1, 0.15) is 5.00 Å². The summed E-state index contributed by atoms with van der Waals surface area (Å²) in [5, 5.41) is 4.40. The first-order valence-corrected chi connectivity index (χ1v) is 4.19. The SMILES string of the molecule is NC1CCNc2scnc21. The summed E-state index contributed by atoms with van der Waals surface area (Å²) in [6.07, 6.45) is 0.997. The van der Waals surface area contributed by atoms with Gasteiger partial charge >= 0.3 is 0 Å². The van der Waals surface area contributed by atoms with E-state index in [0.29, 0.717) is 0 Å². The Hall–Kier alpha value is -0.610. The highest BCUT2D eigenvalue weighted by atomic mass is 32.1. The number of fused-ring (bicyclic) bond motifs is 1. The van der Waals surface area contributed by atoms with Crippen LogP contribution in [0.5, 0.6) is 0 Å². The minimum Gasteiger partial charge on any atom is -0.375 e. The summed E-state index contributed by atoms with van der Waals surface area (Å²) in [6, 6.07) is 0.155. The Labute approximate surface area is 63.3 Å². The Balaban J connectivity index is 2.41. The standard InChI is InChI=1S/C6H9N3S/c7-4-1-2-8-6-5(4)9-3-10-6/h3-4,8H,1-2,7H2. The number of aromatic nitrogens is 1. The largest absolute Gasteiger partial charge is 0.375 e. The van der Waals surface area contributed by atoms with Crippen molar-refractivity contribution in [2.24, 2.45) is 5.73 Å². The van der Waals surface area contributed by atoms with E-state index in [4.69, 9.17) is 5.73 Å². The molecule has 3 N–H and O–H groups in total. The van der Waals surface area contributed by atoms with Crippen LogP contribution in [-0.4, -0.2) is 11.5 Å². The monoisotopic (exact) mass is 155 g/mol. The highest BCUT2D eigenvalue weighted by Gasteiger charge is 2.18. The summed E-state index contributed by atoms with van der Waals surface area (Å²) in [4.78, 5) is 4.17. The van der Waals surface area contributed by atoms with Crippen molar-refractivity contribution in [1.82, 2.24) is 4.98 Å². The molecule has 0 amide bonds. The molecule has 54 valence electrons. The Morgan fingerprint density at radius 3 is 3.50 bits per heavy atom. The Kier molecular flexibility index (Phi) is 1.35. The smallest absolute Gasteiger partial charge is 0.113 e. The van der Waals surface area contributed by atoms with Crippen molar-refractivity contribution < 1.29 is 0 Å². The Morgan fingerprint density at radius 1 is 1.80 bits per heavy atom. The van der Waals surface area contributed by atoms with E-state index < -0.39 is 0 Å². The van der Waals surface area contributed by atoms with Gasteiger partial charge in [0.25, 0.3) is 0 Å². The quantitative estimate of drug-likeness (QED) is 0.586. The molecule has 0 bridgehead atoms. The van der Waals surface area contributed by atoms with Crippen molar-refractivity contribution in [3.05, 3.63) is 11.2 Å². The van der Waals surface area contributed by atoms with Crippen LogP contribution >= 0.6 is 11.3 Å². The van der Waals surface area contributed by atoms with Crippen LogP contribution in [0.2, 0.25) is 0 Å². The van der Waals surface area contributed by atoms with Crippen LogP contribution in [0.3, 0.4) is 0 Å². The molecule has 1 unspecified atom stereocenters. The molecule has 0 saturated carbocycles. The van der Waals surface area contributed by atoms with Crippen LogP contribution in [-0.2, 0) is 0 Å². The lowest BCUT2D eigenvalue weighted by Crippen LogP contribution is -2.21. The zero-order valence-corrected chi connectivity index (χ0v) is 6.32. The summed E-state index contributed by atoms with van der Waals surface area (Å²) in [7, 11) is 0. The van der Waals surface area contributed by atoms with Crippen molar-refractivity contribution >= 4 is 16.3 Å². The van der Waals surface area contributed by atoms with Gasteiger partial charge in [0.15, 0.2) is 0 Å². The number of nitrogens with one attached hydrogen (secondary N) is 1. The first kappa shape index (κ1) is 6.12. The first-order valence-electron chi connectivity index (χ1n) is 3.31. The van der Waals surface area contributed by atoms with Crippen molar-refractivity contribution in [3.63, 3.8) is 0 Å². The van der Waals surface area contributed by atoms with Crippen LogP contribution in [0.25, 0.3) is 0 Å². The van der Waals surface area contributed by atoms with Crippen LogP contribution < -0.4 is 11.1 Å². The fourth-order valence-electron chi connectivity index (χ4n) is 1.13. The average molecular weight is 155 g/mol. The van der Waals surface area contributed by atoms with Gasteiger partial charge in [-0.25, -0.2) is 4.98 Å². The van der Waals surface area contributed by atoms with Crippen molar-refractivity contribution in [3.8, 4) is 0 Å². The van der Waals surface area contributed by atoms with Crippen molar-refractivity contribution in [2.75, 3.05) is 11.9 Å². The summed E-state index contributed by atoms with van der Waals surface area (Å²) >= 11 is 1.63. The third kappa shape index (κ3) is 0.803. The van der Waals surface area contributed by atoms with Gasteiger partial charge < -0.3 is 11.1 Å². The number of anilines is 1. The summed E-state index contributed by atoms with van der Waals surface area (Å²) < 4.78 is 0. The summed E-state index contributed by atoms with van der Waals surface area (Å²) in [5.74, 6) is 0. The second-order valence-corrected chi connectivity index (χ2v) is 3.24. The molecule has 0 fully saturated rings. The fourth-order valence-corrected chi connectivity index (χ4v) is 1.91. The van der Waals surface area contributed by atoms with Gasteiger partial charge in [-0.2, -0.15) is 0 Å². The van der Waals surface area contributed by atoms with Crippen LogP contribution in [0.1, 0.15) is 18.2 Å². The third-order valence-electron chi connectivity index (χ3n) is 1.69. The van der Waals surface area contributed by atoms with Gasteiger partial charge in [0.2, 0.25) is 0 Å². The molecule has 0 radical (unpaired) electrons. The molecule has 0 saturated heterocycles. The average Bonchev–Trinajstić information content (AvgIpc) is 2.36. The van der Waals surface area contributed by atoms with Gasteiger partial charge in [-0.15, -0.1) is 11.3 Å². The van der Waals surface area contributed by atoms with E-state index in [1.807, 2.05) is 5.51 Å². The molecule has 2 heterocycles. The van der Waals surface area contributed by atoms with Gasteiger partial charge in [-0.3, -0.25) is 0 Å². The Morgan fingerprint density at radius 2 is 2.70 bits per heavy atom. The van der Waals surface area contributed by atoms with E-state index in [2.05, 4.69) is 10.3 Å². The van der Waals surface area contributed by atoms with Crippen LogP contribution in [0.15, 0.2) is 5.51 Å². The van der Waals surface area contributed by atoms with E-state index in [0.717, 1.165) is 23.7 Å². The van der Waals surface area contributed by atoms with Gasteiger partial charge in [0.05, 0.1) is 17.2 Å². The molecular formula is C6H9N3S. The normalized spacial score (nSPS) is 23.5. The van der Waals surface area contributed by atoms with Crippen LogP contribution in [0, 0.1) is 0 Å². The minimum absolute atomic E-state index is 0.155. The fraction of sp³-hybridized carbons (Fsp3) is 0.500. The number of hydrogen-bond donors (Lipinski definition) is 2. The molecule has 10 heavy (non-hydrogen) atoms. The molecule has 1 atom stereocenters. The van der Waals surface area contributed by atoms with E-state index in [-0.39, 0.29) is 6.04 Å². The molecule has 0 spiro atoms. The van der Waals surface area contributed by atoms with Crippen molar-refractivity contribution in [2.45, 2.75) is 12.5 Å². The molecular weight excluding hydrogens is 146 g/mol. The van der Waals surface area contributed by atoms with E-state index in [1.165, 1.54) is 0 Å². The van der Waals surface area contributed by atoms with E-state index in [9.17, 15) is 0 Å². The number of thiazole rings is 1. The maximum atomic E-state index is 5.79. The molecule has 1 aromatic rings. The Bertz CT molecular complexity index is 233. The van der Waals surface area contributed by atoms with E-state index >= 15 is 0 Å². The highest BCUT2D eigenvalue weighted by Crippen LogP contribution is 2.29.